The van der Waals surface area contributed by atoms with E-state index in [0.29, 0.717) is 10.6 Å². The van der Waals surface area contributed by atoms with Gasteiger partial charge in [0, 0.05) is 30.4 Å². The van der Waals surface area contributed by atoms with Gasteiger partial charge in [0.1, 0.15) is 0 Å². The van der Waals surface area contributed by atoms with E-state index in [2.05, 4.69) is 10.6 Å². The van der Waals surface area contributed by atoms with Gasteiger partial charge in [-0.05, 0) is 18.2 Å². The Bertz CT molecular complexity index is 325. The predicted octanol–water partition coefficient (Wildman–Crippen LogP) is 1.74. The fourth-order valence-electron chi connectivity index (χ4n) is 1.01. The summed E-state index contributed by atoms with van der Waals surface area (Å²) in [6.07, 6.45) is 0. The monoisotopic (exact) mass is 198 g/mol. The van der Waals surface area contributed by atoms with Crippen LogP contribution in [0, 0.1) is 0 Å². The predicted molar refractivity (Wildman–Crippen MR) is 54.4 cm³/mol. The second-order valence-corrected chi connectivity index (χ2v) is 2.99. The molecule has 1 aromatic rings. The van der Waals surface area contributed by atoms with Crippen molar-refractivity contribution < 1.29 is 4.79 Å². The van der Waals surface area contributed by atoms with Gasteiger partial charge in [-0.15, -0.1) is 0 Å². The smallest absolute Gasteiger partial charge is 0.251 e. The number of carbonyl (C=O) groups excluding carboxylic acids is 1. The quantitative estimate of drug-likeness (QED) is 0.760. The lowest BCUT2D eigenvalue weighted by molar-refractivity contribution is 0.0963. The molecule has 1 rings (SSSR count). The zero-order chi connectivity index (χ0) is 9.84. The fraction of sp³-hybridized carbons (Fsp3) is 0.222. The highest BCUT2D eigenvalue weighted by Gasteiger charge is 2.04. The molecular formula is C9H11ClN2O. The standard InChI is InChI=1S/C9H11ClN2O/c1-11-8-4-6(9(13)12-2)3-7(10)5-8/h3-5,11H,1-2H3,(H,12,13). The Morgan fingerprint density at radius 3 is 2.54 bits per heavy atom. The summed E-state index contributed by atoms with van der Waals surface area (Å²) in [6.45, 7) is 0. The van der Waals surface area contributed by atoms with Crippen molar-refractivity contribution in [1.82, 2.24) is 5.32 Å². The first-order valence-electron chi connectivity index (χ1n) is 3.88. The molecule has 0 saturated heterocycles. The van der Waals surface area contributed by atoms with E-state index >= 15 is 0 Å². The maximum absolute atomic E-state index is 11.2. The molecule has 13 heavy (non-hydrogen) atoms. The molecule has 0 aromatic heterocycles. The molecule has 1 amide bonds. The summed E-state index contributed by atoms with van der Waals surface area (Å²) in [4.78, 5) is 11.2. The van der Waals surface area contributed by atoms with E-state index in [1.807, 2.05) is 0 Å². The van der Waals surface area contributed by atoms with E-state index in [9.17, 15) is 4.79 Å². The fourth-order valence-corrected chi connectivity index (χ4v) is 1.24. The molecule has 0 spiro atoms. The van der Waals surface area contributed by atoms with Gasteiger partial charge in [-0.3, -0.25) is 4.79 Å². The molecule has 0 fully saturated rings. The van der Waals surface area contributed by atoms with Crippen LogP contribution in [0.5, 0.6) is 0 Å². The molecule has 1 aromatic carbocycles. The Morgan fingerprint density at radius 2 is 2.00 bits per heavy atom. The van der Waals surface area contributed by atoms with Gasteiger partial charge in [0.2, 0.25) is 0 Å². The lowest BCUT2D eigenvalue weighted by Crippen LogP contribution is -2.17. The molecule has 0 unspecified atom stereocenters. The minimum absolute atomic E-state index is 0.140. The van der Waals surface area contributed by atoms with Crippen LogP contribution >= 0.6 is 11.6 Å². The number of rotatable bonds is 2. The maximum atomic E-state index is 11.2. The van der Waals surface area contributed by atoms with E-state index < -0.39 is 0 Å². The third kappa shape index (κ3) is 2.36. The van der Waals surface area contributed by atoms with E-state index in [0.717, 1.165) is 5.69 Å². The van der Waals surface area contributed by atoms with Crippen LogP contribution in [-0.2, 0) is 0 Å². The summed E-state index contributed by atoms with van der Waals surface area (Å²) in [7, 11) is 3.36. The molecule has 0 bridgehead atoms. The van der Waals surface area contributed by atoms with Crippen LogP contribution in [0.3, 0.4) is 0 Å². The molecule has 0 aliphatic heterocycles. The van der Waals surface area contributed by atoms with Gasteiger partial charge in [-0.1, -0.05) is 11.6 Å². The molecular weight excluding hydrogens is 188 g/mol. The molecule has 0 radical (unpaired) electrons. The van der Waals surface area contributed by atoms with E-state index in [1.54, 1.807) is 32.3 Å². The van der Waals surface area contributed by atoms with Crippen LogP contribution in [-0.4, -0.2) is 20.0 Å². The van der Waals surface area contributed by atoms with Crippen LogP contribution in [0.4, 0.5) is 5.69 Å². The summed E-state index contributed by atoms with van der Waals surface area (Å²) in [5, 5.41) is 6.00. The minimum Gasteiger partial charge on any atom is -0.388 e. The van der Waals surface area contributed by atoms with Crippen LogP contribution in [0.2, 0.25) is 5.02 Å². The summed E-state index contributed by atoms with van der Waals surface area (Å²) < 4.78 is 0. The molecule has 70 valence electrons. The second-order valence-electron chi connectivity index (χ2n) is 2.56. The molecule has 0 aliphatic rings. The largest absolute Gasteiger partial charge is 0.388 e. The number of benzene rings is 1. The first-order valence-corrected chi connectivity index (χ1v) is 4.25. The highest BCUT2D eigenvalue weighted by atomic mass is 35.5. The van der Waals surface area contributed by atoms with E-state index in [-0.39, 0.29) is 5.91 Å². The Hall–Kier alpha value is -1.22. The van der Waals surface area contributed by atoms with Crippen LogP contribution in [0.1, 0.15) is 10.4 Å². The average Bonchev–Trinajstić information content (AvgIpc) is 2.15. The van der Waals surface area contributed by atoms with Gasteiger partial charge >= 0.3 is 0 Å². The molecule has 0 heterocycles. The van der Waals surface area contributed by atoms with Gasteiger partial charge in [-0.25, -0.2) is 0 Å². The van der Waals surface area contributed by atoms with Crippen molar-refractivity contribution in [3.05, 3.63) is 28.8 Å². The number of carbonyl (C=O) groups is 1. The maximum Gasteiger partial charge on any atom is 0.251 e. The first-order chi connectivity index (χ1) is 6.17. The first kappa shape index (κ1) is 9.86. The Labute approximate surface area is 82.1 Å². The van der Waals surface area contributed by atoms with Crippen molar-refractivity contribution in [2.75, 3.05) is 19.4 Å². The lowest BCUT2D eigenvalue weighted by atomic mass is 10.2. The molecule has 2 N–H and O–H groups in total. The second kappa shape index (κ2) is 4.14. The average molecular weight is 199 g/mol. The number of hydrogen-bond acceptors (Lipinski definition) is 2. The van der Waals surface area contributed by atoms with Crippen molar-refractivity contribution in [3.63, 3.8) is 0 Å². The number of amides is 1. The Morgan fingerprint density at radius 1 is 1.31 bits per heavy atom. The molecule has 0 aliphatic carbocycles. The summed E-state index contributed by atoms with van der Waals surface area (Å²) in [5.41, 5.74) is 1.38. The summed E-state index contributed by atoms with van der Waals surface area (Å²) >= 11 is 5.81. The Balaban J connectivity index is 3.08. The van der Waals surface area contributed by atoms with E-state index in [1.165, 1.54) is 0 Å². The lowest BCUT2D eigenvalue weighted by Gasteiger charge is -2.04. The third-order valence-corrected chi connectivity index (χ3v) is 1.89. The van der Waals surface area contributed by atoms with Crippen LogP contribution in [0.15, 0.2) is 18.2 Å². The normalized spacial score (nSPS) is 9.46. The Kier molecular flexibility index (Phi) is 3.14. The summed E-state index contributed by atoms with van der Waals surface area (Å²) in [6, 6.07) is 5.12. The van der Waals surface area contributed by atoms with Crippen molar-refractivity contribution in [1.29, 1.82) is 0 Å². The van der Waals surface area contributed by atoms with Crippen molar-refractivity contribution in [2.45, 2.75) is 0 Å². The van der Waals surface area contributed by atoms with Gasteiger partial charge < -0.3 is 10.6 Å². The molecule has 3 nitrogen and oxygen atoms in total. The number of hydrogen-bond donors (Lipinski definition) is 2. The zero-order valence-electron chi connectivity index (χ0n) is 7.52. The van der Waals surface area contributed by atoms with Crippen molar-refractivity contribution in [3.8, 4) is 0 Å². The number of anilines is 1. The van der Waals surface area contributed by atoms with Crippen LogP contribution in [0.25, 0.3) is 0 Å². The number of halogens is 1. The highest BCUT2D eigenvalue weighted by molar-refractivity contribution is 6.31. The molecule has 4 heteroatoms. The molecule has 0 saturated carbocycles. The van der Waals surface area contributed by atoms with Crippen molar-refractivity contribution in [2.24, 2.45) is 0 Å². The summed E-state index contributed by atoms with van der Waals surface area (Å²) in [5.74, 6) is -0.140. The van der Waals surface area contributed by atoms with Crippen LogP contribution < -0.4 is 10.6 Å². The highest BCUT2D eigenvalue weighted by Crippen LogP contribution is 2.18. The van der Waals surface area contributed by atoms with Crippen molar-refractivity contribution >= 4 is 23.2 Å². The number of nitrogens with one attached hydrogen (secondary N) is 2. The van der Waals surface area contributed by atoms with Gasteiger partial charge in [0.25, 0.3) is 5.91 Å². The zero-order valence-corrected chi connectivity index (χ0v) is 8.27. The minimum atomic E-state index is -0.140. The SMILES string of the molecule is CNC(=O)c1cc(Cl)cc(NC)c1. The third-order valence-electron chi connectivity index (χ3n) is 1.68. The van der Waals surface area contributed by atoms with Gasteiger partial charge in [0.15, 0.2) is 0 Å². The molecule has 0 atom stereocenters. The van der Waals surface area contributed by atoms with E-state index in [4.69, 9.17) is 11.6 Å². The van der Waals surface area contributed by atoms with Gasteiger partial charge in [0.05, 0.1) is 0 Å². The topological polar surface area (TPSA) is 41.1 Å². The van der Waals surface area contributed by atoms with Gasteiger partial charge in [-0.2, -0.15) is 0 Å².